The van der Waals surface area contributed by atoms with Gasteiger partial charge in [0, 0.05) is 66.0 Å². The fourth-order valence-corrected chi connectivity index (χ4v) is 6.98. The SMILES string of the molecule is CC(C)(c1cc(CC2=CC(O)=C(O)CC2O)c(O)c(Cc2cc(O)c(O)cc2O)c1)c1cc(Cc2cc(O)c(O)cc2O)c(O)c(Cc2cc(O)c(O)cc2O)c1. The number of rotatable bonds is 10. The summed E-state index contributed by atoms with van der Waals surface area (Å²) in [4.78, 5) is 0. The Morgan fingerprint density at radius 1 is 0.421 bits per heavy atom. The second kappa shape index (κ2) is 14.9. The van der Waals surface area contributed by atoms with Gasteiger partial charge >= 0.3 is 0 Å². The van der Waals surface area contributed by atoms with E-state index in [1.807, 2.05) is 13.8 Å². The molecule has 1 aliphatic carbocycles. The second-order valence-electron chi connectivity index (χ2n) is 14.8. The van der Waals surface area contributed by atoms with Crippen molar-refractivity contribution in [3.05, 3.63) is 134 Å². The van der Waals surface area contributed by atoms with Crippen LogP contribution >= 0.6 is 0 Å². The van der Waals surface area contributed by atoms with Gasteiger partial charge in [-0.05, 0) is 69.6 Å². The number of benzene rings is 5. The first-order valence-electron chi connectivity index (χ1n) is 17.6. The molecule has 1 unspecified atom stereocenters. The van der Waals surface area contributed by atoms with Crippen LogP contribution in [0.15, 0.2) is 83.8 Å². The molecular formula is C43H42O14. The highest BCUT2D eigenvalue weighted by Gasteiger charge is 2.30. The molecule has 0 fully saturated rings. The van der Waals surface area contributed by atoms with E-state index in [1.165, 1.54) is 6.08 Å². The first-order valence-corrected chi connectivity index (χ1v) is 17.6. The zero-order valence-electron chi connectivity index (χ0n) is 30.7. The molecule has 0 aliphatic heterocycles. The summed E-state index contributed by atoms with van der Waals surface area (Å²) < 4.78 is 0. The monoisotopic (exact) mass is 782 g/mol. The lowest BCUT2D eigenvalue weighted by atomic mass is 9.74. The van der Waals surface area contributed by atoms with Crippen molar-refractivity contribution in [1.82, 2.24) is 0 Å². The summed E-state index contributed by atoms with van der Waals surface area (Å²) in [5, 5.41) is 147. The molecule has 14 N–H and O–H groups in total. The van der Waals surface area contributed by atoms with E-state index in [9.17, 15) is 71.5 Å². The predicted octanol–water partition coefficient (Wildman–Crippen LogP) is 6.11. The van der Waals surface area contributed by atoms with E-state index < -0.39 is 57.5 Å². The lowest BCUT2D eigenvalue weighted by molar-refractivity contribution is 0.175. The van der Waals surface area contributed by atoms with Gasteiger partial charge in [0.1, 0.15) is 34.5 Å². The van der Waals surface area contributed by atoms with E-state index in [0.717, 1.165) is 36.4 Å². The van der Waals surface area contributed by atoms with Gasteiger partial charge in [0.25, 0.3) is 0 Å². The van der Waals surface area contributed by atoms with E-state index in [-0.39, 0.29) is 105 Å². The topological polar surface area (TPSA) is 283 Å². The first kappa shape index (κ1) is 39.6. The Morgan fingerprint density at radius 3 is 1.09 bits per heavy atom. The maximum atomic E-state index is 11.7. The quantitative estimate of drug-likeness (QED) is 0.0562. The smallest absolute Gasteiger partial charge is 0.161 e. The number of phenolic OH excluding ortho intramolecular Hbond substituents is 11. The summed E-state index contributed by atoms with van der Waals surface area (Å²) in [6.45, 7) is 3.65. The van der Waals surface area contributed by atoms with Crippen molar-refractivity contribution in [2.24, 2.45) is 0 Å². The highest BCUT2D eigenvalue weighted by Crippen LogP contribution is 2.44. The van der Waals surface area contributed by atoms with Crippen LogP contribution in [0.3, 0.4) is 0 Å². The number of hydrogen-bond acceptors (Lipinski definition) is 14. The Kier molecular flexibility index (Phi) is 10.3. The van der Waals surface area contributed by atoms with Gasteiger partial charge in [0.2, 0.25) is 0 Å². The summed E-state index contributed by atoms with van der Waals surface area (Å²) in [7, 11) is 0. The van der Waals surface area contributed by atoms with Gasteiger partial charge in [0.05, 0.1) is 6.10 Å². The molecule has 0 saturated carbocycles. The Bertz CT molecular complexity index is 2400. The van der Waals surface area contributed by atoms with Gasteiger partial charge in [-0.25, -0.2) is 0 Å². The molecule has 0 saturated heterocycles. The third-order valence-electron chi connectivity index (χ3n) is 10.5. The molecule has 0 bridgehead atoms. The molecule has 0 heterocycles. The van der Waals surface area contributed by atoms with Gasteiger partial charge in [-0.3, -0.25) is 0 Å². The summed E-state index contributed by atoms with van der Waals surface area (Å²) in [5.41, 5.74) is 1.71. The summed E-state index contributed by atoms with van der Waals surface area (Å²) >= 11 is 0. The van der Waals surface area contributed by atoms with Crippen molar-refractivity contribution in [3.63, 3.8) is 0 Å². The molecule has 0 amide bonds. The van der Waals surface area contributed by atoms with E-state index in [4.69, 9.17) is 0 Å². The Balaban J connectivity index is 1.54. The largest absolute Gasteiger partial charge is 0.508 e. The van der Waals surface area contributed by atoms with Crippen LogP contribution in [0, 0.1) is 0 Å². The van der Waals surface area contributed by atoms with Crippen LogP contribution in [-0.4, -0.2) is 77.6 Å². The number of hydrogen-bond donors (Lipinski definition) is 14. The normalized spacial score (nSPS) is 14.5. The Hall–Kier alpha value is -7.06. The molecule has 57 heavy (non-hydrogen) atoms. The molecule has 6 rings (SSSR count). The van der Waals surface area contributed by atoms with E-state index in [0.29, 0.717) is 11.1 Å². The van der Waals surface area contributed by atoms with Crippen molar-refractivity contribution in [2.75, 3.05) is 0 Å². The highest BCUT2D eigenvalue weighted by atomic mass is 16.3. The minimum atomic E-state index is -1.20. The van der Waals surface area contributed by atoms with Crippen molar-refractivity contribution in [3.8, 4) is 63.2 Å². The van der Waals surface area contributed by atoms with Crippen LogP contribution in [0.1, 0.15) is 70.3 Å². The molecule has 5 aromatic rings. The zero-order valence-corrected chi connectivity index (χ0v) is 30.7. The van der Waals surface area contributed by atoms with E-state index >= 15 is 0 Å². The maximum absolute atomic E-state index is 11.7. The molecule has 298 valence electrons. The van der Waals surface area contributed by atoms with Crippen LogP contribution < -0.4 is 0 Å². The average molecular weight is 783 g/mol. The fourth-order valence-electron chi connectivity index (χ4n) is 6.98. The van der Waals surface area contributed by atoms with Gasteiger partial charge in [-0.1, -0.05) is 38.1 Å². The van der Waals surface area contributed by atoms with E-state index in [2.05, 4.69) is 0 Å². The number of allylic oxidation sites excluding steroid dienone is 1. The van der Waals surface area contributed by atoms with Gasteiger partial charge < -0.3 is 71.5 Å². The van der Waals surface area contributed by atoms with Crippen LogP contribution in [0.25, 0.3) is 0 Å². The van der Waals surface area contributed by atoms with Crippen molar-refractivity contribution >= 4 is 0 Å². The Morgan fingerprint density at radius 2 is 0.737 bits per heavy atom. The van der Waals surface area contributed by atoms with Crippen molar-refractivity contribution in [1.29, 1.82) is 0 Å². The second-order valence-corrected chi connectivity index (χ2v) is 14.8. The molecule has 0 radical (unpaired) electrons. The predicted molar refractivity (Wildman–Crippen MR) is 206 cm³/mol. The first-order chi connectivity index (χ1) is 26.7. The molecule has 14 nitrogen and oxygen atoms in total. The molecule has 0 spiro atoms. The van der Waals surface area contributed by atoms with Gasteiger partial charge in [-0.2, -0.15) is 0 Å². The molecular weight excluding hydrogens is 740 g/mol. The molecule has 14 heteroatoms. The third kappa shape index (κ3) is 7.89. The average Bonchev–Trinajstić information content (AvgIpc) is 3.13. The van der Waals surface area contributed by atoms with Crippen molar-refractivity contribution in [2.45, 2.75) is 57.5 Å². The Labute approximate surface area is 325 Å². The number of aliphatic hydroxyl groups excluding tert-OH is 3. The van der Waals surface area contributed by atoms with E-state index in [1.54, 1.807) is 24.3 Å². The van der Waals surface area contributed by atoms with Crippen LogP contribution in [0.4, 0.5) is 0 Å². The molecule has 1 aliphatic rings. The fraction of sp³-hybridized carbons (Fsp3) is 0.209. The number of aromatic hydroxyl groups is 11. The lowest BCUT2D eigenvalue weighted by Gasteiger charge is -2.30. The van der Waals surface area contributed by atoms with Gasteiger partial charge in [-0.15, -0.1) is 0 Å². The summed E-state index contributed by atoms with van der Waals surface area (Å²) in [6, 6.07) is 12.9. The minimum Gasteiger partial charge on any atom is -0.508 e. The number of phenols is 11. The maximum Gasteiger partial charge on any atom is 0.161 e. The minimum absolute atomic E-state index is 0.104. The van der Waals surface area contributed by atoms with Crippen LogP contribution in [0.5, 0.6) is 63.2 Å². The highest BCUT2D eigenvalue weighted by molar-refractivity contribution is 5.59. The number of aliphatic hydroxyl groups is 3. The lowest BCUT2D eigenvalue weighted by Crippen LogP contribution is -2.22. The summed E-state index contributed by atoms with van der Waals surface area (Å²) in [5.74, 6) is -5.70. The van der Waals surface area contributed by atoms with Crippen molar-refractivity contribution < 1.29 is 71.5 Å². The van der Waals surface area contributed by atoms with Crippen LogP contribution in [-0.2, 0) is 31.1 Å². The molecule has 1 atom stereocenters. The molecule has 5 aromatic carbocycles. The zero-order chi connectivity index (χ0) is 41.7. The van der Waals surface area contributed by atoms with Crippen LogP contribution in [0.2, 0.25) is 0 Å². The summed E-state index contributed by atoms with van der Waals surface area (Å²) in [6.07, 6.45) is -0.855. The third-order valence-corrected chi connectivity index (χ3v) is 10.5. The van der Waals surface area contributed by atoms with Gasteiger partial charge in [0.15, 0.2) is 40.3 Å². The standard InChI is InChI=1S/C43H42O14/c1-43(2,27-7-23(3-19-11-33(48)37(52)15-29(19)44)41(56)24(8-27)4-20-12-34(49)38(53)16-30(20)45)28-9-25(5-21-13-35(50)39(54)17-31(21)46)42(57)26(10-28)6-22-14-36(51)40(55)18-32(22)47/h7-17,32,44-57H,3-6,18H2,1-2H3. The molecule has 0 aromatic heterocycles.